The van der Waals surface area contributed by atoms with Crippen molar-refractivity contribution < 1.29 is 0 Å². The zero-order chi connectivity index (χ0) is 11.7. The summed E-state index contributed by atoms with van der Waals surface area (Å²) in [6.07, 6.45) is 1.94. The molecule has 0 saturated heterocycles. The summed E-state index contributed by atoms with van der Waals surface area (Å²) in [6.45, 7) is 2.01. The lowest BCUT2D eigenvalue weighted by atomic mass is 9.99. The van der Waals surface area contributed by atoms with Gasteiger partial charge in [-0.1, -0.05) is 48.5 Å². The predicted octanol–water partition coefficient (Wildman–Crippen LogP) is 4.21. The lowest BCUT2D eigenvalue weighted by molar-refractivity contribution is 1.20. The van der Waals surface area contributed by atoms with Crippen LogP contribution in [0.2, 0.25) is 0 Å². The molecule has 0 amide bonds. The van der Waals surface area contributed by atoms with Crippen molar-refractivity contribution in [2.75, 3.05) is 0 Å². The highest BCUT2D eigenvalue weighted by Gasteiger charge is 2.02. The first kappa shape index (κ1) is 10.0. The molecule has 1 heterocycles. The number of benzene rings is 2. The smallest absolute Gasteiger partial charge is 0.0373 e. The van der Waals surface area contributed by atoms with Crippen molar-refractivity contribution in [3.05, 3.63) is 66.5 Å². The Labute approximate surface area is 101 Å². The molecule has 0 spiro atoms. The van der Waals surface area contributed by atoms with Crippen LogP contribution in [0.5, 0.6) is 0 Å². The van der Waals surface area contributed by atoms with Crippen LogP contribution in [-0.2, 0) is 0 Å². The maximum atomic E-state index is 4.36. The molecule has 3 rings (SSSR count). The molecule has 2 aromatic carbocycles. The number of rotatable bonds is 1. The minimum absolute atomic E-state index is 1.05. The molecule has 0 radical (unpaired) electrons. The molecule has 0 unspecified atom stereocenters. The maximum Gasteiger partial charge on any atom is 0.0373 e. The fraction of sp³-hybridized carbons (Fsp3) is 0.0625. The average molecular weight is 219 g/mol. The number of nitrogens with zero attached hydrogens (tertiary/aromatic N) is 1. The van der Waals surface area contributed by atoms with Gasteiger partial charge in [0.2, 0.25) is 0 Å². The molecule has 0 atom stereocenters. The standard InChI is InChI=1S/C16H13N/c1-12-9-10-14(11-17-12)16-8-4-6-13-5-2-3-7-15(13)16/h2-11H,1H3. The summed E-state index contributed by atoms with van der Waals surface area (Å²) in [5, 5.41) is 2.55. The molecule has 1 nitrogen and oxygen atoms in total. The van der Waals surface area contributed by atoms with Crippen molar-refractivity contribution in [2.24, 2.45) is 0 Å². The Bertz CT molecular complexity index is 648. The fourth-order valence-corrected chi connectivity index (χ4v) is 2.10. The van der Waals surface area contributed by atoms with E-state index in [0.29, 0.717) is 0 Å². The molecule has 3 aromatic rings. The summed E-state index contributed by atoms with van der Waals surface area (Å²) in [7, 11) is 0. The quantitative estimate of drug-likeness (QED) is 0.597. The molecule has 0 aliphatic heterocycles. The Morgan fingerprint density at radius 2 is 1.65 bits per heavy atom. The van der Waals surface area contributed by atoms with Crippen LogP contribution in [0.1, 0.15) is 5.69 Å². The normalized spacial score (nSPS) is 10.6. The van der Waals surface area contributed by atoms with Gasteiger partial charge >= 0.3 is 0 Å². The molecule has 1 heteroatoms. The summed E-state index contributed by atoms with van der Waals surface area (Å²) in [5.41, 5.74) is 3.47. The van der Waals surface area contributed by atoms with Crippen molar-refractivity contribution in [1.29, 1.82) is 0 Å². The van der Waals surface area contributed by atoms with Crippen molar-refractivity contribution >= 4 is 10.8 Å². The summed E-state index contributed by atoms with van der Waals surface area (Å²) < 4.78 is 0. The van der Waals surface area contributed by atoms with E-state index in [4.69, 9.17) is 0 Å². The second kappa shape index (κ2) is 4.02. The van der Waals surface area contributed by atoms with Gasteiger partial charge in [-0.15, -0.1) is 0 Å². The van der Waals surface area contributed by atoms with E-state index in [1.165, 1.54) is 21.9 Å². The van der Waals surface area contributed by atoms with Gasteiger partial charge in [-0.25, -0.2) is 0 Å². The third kappa shape index (κ3) is 1.80. The van der Waals surface area contributed by atoms with Crippen LogP contribution in [0.3, 0.4) is 0 Å². The summed E-state index contributed by atoms with van der Waals surface area (Å²) >= 11 is 0. The lowest BCUT2D eigenvalue weighted by Crippen LogP contribution is -1.84. The molecule has 0 bridgehead atoms. The highest BCUT2D eigenvalue weighted by Crippen LogP contribution is 2.27. The number of pyridine rings is 1. The minimum atomic E-state index is 1.05. The highest BCUT2D eigenvalue weighted by molar-refractivity contribution is 5.96. The first-order valence-electron chi connectivity index (χ1n) is 5.75. The summed E-state index contributed by atoms with van der Waals surface area (Å²) in [4.78, 5) is 4.36. The van der Waals surface area contributed by atoms with Gasteiger partial charge in [0.1, 0.15) is 0 Å². The number of fused-ring (bicyclic) bond motifs is 1. The van der Waals surface area contributed by atoms with E-state index in [-0.39, 0.29) is 0 Å². The second-order valence-electron chi connectivity index (χ2n) is 4.21. The van der Waals surface area contributed by atoms with Crippen LogP contribution in [0.15, 0.2) is 60.8 Å². The van der Waals surface area contributed by atoms with E-state index < -0.39 is 0 Å². The van der Waals surface area contributed by atoms with Gasteiger partial charge in [-0.05, 0) is 29.3 Å². The van der Waals surface area contributed by atoms with Crippen molar-refractivity contribution in [3.8, 4) is 11.1 Å². The van der Waals surface area contributed by atoms with Crippen molar-refractivity contribution in [3.63, 3.8) is 0 Å². The molecule has 0 saturated carbocycles. The summed E-state index contributed by atoms with van der Waals surface area (Å²) in [5.74, 6) is 0. The van der Waals surface area contributed by atoms with E-state index in [9.17, 15) is 0 Å². The van der Waals surface area contributed by atoms with Crippen LogP contribution in [-0.4, -0.2) is 4.98 Å². The Hall–Kier alpha value is -2.15. The molecule has 17 heavy (non-hydrogen) atoms. The molecule has 0 aliphatic rings. The second-order valence-corrected chi connectivity index (χ2v) is 4.21. The van der Waals surface area contributed by atoms with E-state index >= 15 is 0 Å². The van der Waals surface area contributed by atoms with Gasteiger partial charge in [0.15, 0.2) is 0 Å². The van der Waals surface area contributed by atoms with Gasteiger partial charge in [-0.3, -0.25) is 4.98 Å². The molecule has 1 aromatic heterocycles. The zero-order valence-corrected chi connectivity index (χ0v) is 9.72. The molecule has 0 fully saturated rings. The maximum absolute atomic E-state index is 4.36. The zero-order valence-electron chi connectivity index (χ0n) is 9.72. The lowest BCUT2D eigenvalue weighted by Gasteiger charge is -2.06. The van der Waals surface area contributed by atoms with Gasteiger partial charge in [0, 0.05) is 17.5 Å². The Morgan fingerprint density at radius 1 is 0.824 bits per heavy atom. The van der Waals surface area contributed by atoms with E-state index in [0.717, 1.165) is 5.69 Å². The fourth-order valence-electron chi connectivity index (χ4n) is 2.10. The topological polar surface area (TPSA) is 12.9 Å². The van der Waals surface area contributed by atoms with Crippen LogP contribution in [0, 0.1) is 6.92 Å². The van der Waals surface area contributed by atoms with Crippen molar-refractivity contribution in [1.82, 2.24) is 4.98 Å². The molecule has 0 aliphatic carbocycles. The first-order chi connectivity index (χ1) is 8.34. The monoisotopic (exact) mass is 219 g/mol. The molecular weight excluding hydrogens is 206 g/mol. The van der Waals surface area contributed by atoms with Crippen LogP contribution >= 0.6 is 0 Å². The Balaban J connectivity index is 2.27. The number of aryl methyl sites for hydroxylation is 1. The highest BCUT2D eigenvalue weighted by atomic mass is 14.7. The van der Waals surface area contributed by atoms with E-state index in [2.05, 4.69) is 59.6 Å². The van der Waals surface area contributed by atoms with Gasteiger partial charge in [-0.2, -0.15) is 0 Å². The SMILES string of the molecule is Cc1ccc(-c2cccc3ccccc23)cn1. The third-order valence-electron chi connectivity index (χ3n) is 3.01. The number of aromatic nitrogens is 1. The molecule has 82 valence electrons. The molecule has 0 N–H and O–H groups in total. The largest absolute Gasteiger partial charge is 0.261 e. The van der Waals surface area contributed by atoms with Crippen LogP contribution in [0.4, 0.5) is 0 Å². The number of hydrogen-bond donors (Lipinski definition) is 0. The van der Waals surface area contributed by atoms with Crippen LogP contribution < -0.4 is 0 Å². The predicted molar refractivity (Wildman–Crippen MR) is 71.9 cm³/mol. The first-order valence-corrected chi connectivity index (χ1v) is 5.75. The Kier molecular flexibility index (Phi) is 2.37. The van der Waals surface area contributed by atoms with Gasteiger partial charge in [0.05, 0.1) is 0 Å². The van der Waals surface area contributed by atoms with Crippen LogP contribution in [0.25, 0.3) is 21.9 Å². The summed E-state index contributed by atoms with van der Waals surface area (Å²) in [6, 6.07) is 19.0. The average Bonchev–Trinajstić information content (AvgIpc) is 2.39. The number of hydrogen-bond acceptors (Lipinski definition) is 1. The minimum Gasteiger partial charge on any atom is -0.261 e. The van der Waals surface area contributed by atoms with Gasteiger partial charge < -0.3 is 0 Å². The van der Waals surface area contributed by atoms with Crippen molar-refractivity contribution in [2.45, 2.75) is 6.92 Å². The van der Waals surface area contributed by atoms with E-state index in [1.54, 1.807) is 0 Å². The third-order valence-corrected chi connectivity index (χ3v) is 3.01. The Morgan fingerprint density at radius 3 is 2.47 bits per heavy atom. The molecular formula is C16H13N. The van der Waals surface area contributed by atoms with Gasteiger partial charge in [0.25, 0.3) is 0 Å². The van der Waals surface area contributed by atoms with E-state index in [1.807, 2.05) is 13.1 Å².